The average molecular weight is 666 g/mol. The summed E-state index contributed by atoms with van der Waals surface area (Å²) in [6.45, 7) is 0. The minimum Gasteiger partial charge on any atom is -0.456 e. The molecule has 2 aromatic heterocycles. The smallest absolute Gasteiger partial charge is 0.137 e. The number of rotatable bonds is 5. The maximum atomic E-state index is 6.40. The molecule has 52 heavy (non-hydrogen) atoms. The van der Waals surface area contributed by atoms with Crippen LogP contribution in [0.1, 0.15) is 22.3 Å². The highest BCUT2D eigenvalue weighted by atomic mass is 16.3. The van der Waals surface area contributed by atoms with Crippen molar-refractivity contribution >= 4 is 60.9 Å². The van der Waals surface area contributed by atoms with E-state index in [0.717, 1.165) is 60.9 Å². The van der Waals surface area contributed by atoms with E-state index in [-0.39, 0.29) is 0 Å². The fourth-order valence-corrected chi connectivity index (χ4v) is 8.80. The molecule has 244 valence electrons. The molecule has 2 heterocycles. The van der Waals surface area contributed by atoms with Crippen molar-refractivity contribution < 1.29 is 8.83 Å². The number of anilines is 3. The molecule has 0 atom stereocenters. The van der Waals surface area contributed by atoms with Crippen molar-refractivity contribution in [1.29, 1.82) is 0 Å². The fourth-order valence-electron chi connectivity index (χ4n) is 8.80. The van der Waals surface area contributed by atoms with E-state index in [2.05, 4.69) is 169 Å². The zero-order valence-corrected chi connectivity index (χ0v) is 28.2. The third-order valence-electron chi connectivity index (χ3n) is 11.0. The molecule has 0 fully saturated rings. The lowest BCUT2D eigenvalue weighted by molar-refractivity contribution is 0.668. The highest BCUT2D eigenvalue weighted by molar-refractivity contribution is 6.14. The van der Waals surface area contributed by atoms with Gasteiger partial charge in [0.2, 0.25) is 0 Å². The summed E-state index contributed by atoms with van der Waals surface area (Å²) < 4.78 is 12.7. The third-order valence-corrected chi connectivity index (χ3v) is 11.0. The van der Waals surface area contributed by atoms with Gasteiger partial charge in [-0.3, -0.25) is 0 Å². The van der Waals surface area contributed by atoms with E-state index in [0.29, 0.717) is 0 Å². The van der Waals surface area contributed by atoms with Crippen molar-refractivity contribution in [2.45, 2.75) is 5.41 Å². The Bertz CT molecular complexity index is 2920. The predicted molar refractivity (Wildman–Crippen MR) is 213 cm³/mol. The second-order valence-electron chi connectivity index (χ2n) is 13.6. The number of nitrogens with zero attached hydrogens (tertiary/aromatic N) is 1. The molecular formula is C49H31NO2. The number of para-hydroxylation sites is 2. The SMILES string of the molecule is c1ccc(C2(c3ccc(N(c4ccc5oc6ccccc6c5c4)c4cccc5oc6ccccc6c45)cc3)c3ccccc3-c3ccccc32)cc1. The van der Waals surface area contributed by atoms with Gasteiger partial charge in [0.25, 0.3) is 0 Å². The van der Waals surface area contributed by atoms with E-state index in [1.807, 2.05) is 24.3 Å². The van der Waals surface area contributed by atoms with Gasteiger partial charge in [0, 0.05) is 27.5 Å². The van der Waals surface area contributed by atoms with Crippen molar-refractivity contribution in [3.8, 4) is 11.1 Å². The Morgan fingerprint density at radius 3 is 1.65 bits per heavy atom. The maximum Gasteiger partial charge on any atom is 0.137 e. The Morgan fingerprint density at radius 1 is 0.365 bits per heavy atom. The van der Waals surface area contributed by atoms with Crippen LogP contribution in [0.15, 0.2) is 197 Å². The monoisotopic (exact) mass is 665 g/mol. The molecule has 0 aliphatic heterocycles. The Morgan fingerprint density at radius 2 is 0.904 bits per heavy atom. The molecule has 0 N–H and O–H groups in total. The Kier molecular flexibility index (Phi) is 6.17. The van der Waals surface area contributed by atoms with Crippen molar-refractivity contribution in [1.82, 2.24) is 0 Å². The van der Waals surface area contributed by atoms with Gasteiger partial charge in [-0.25, -0.2) is 0 Å². The normalized spacial score (nSPS) is 13.2. The summed E-state index contributed by atoms with van der Waals surface area (Å²) in [5.74, 6) is 0. The van der Waals surface area contributed by atoms with E-state index in [1.54, 1.807) is 0 Å². The van der Waals surface area contributed by atoms with Gasteiger partial charge in [-0.15, -0.1) is 0 Å². The first-order chi connectivity index (χ1) is 25.8. The zero-order valence-electron chi connectivity index (χ0n) is 28.2. The summed E-state index contributed by atoms with van der Waals surface area (Å²) in [6, 6.07) is 67.4. The van der Waals surface area contributed by atoms with Crippen molar-refractivity contribution in [2.75, 3.05) is 4.90 Å². The Balaban J connectivity index is 1.16. The Labute approximate surface area is 300 Å². The van der Waals surface area contributed by atoms with Crippen LogP contribution in [0.5, 0.6) is 0 Å². The van der Waals surface area contributed by atoms with Crippen molar-refractivity contribution in [3.05, 3.63) is 210 Å². The van der Waals surface area contributed by atoms with Gasteiger partial charge in [-0.05, 0) is 88.0 Å². The Hall–Kier alpha value is -6.84. The van der Waals surface area contributed by atoms with Crippen molar-refractivity contribution in [3.63, 3.8) is 0 Å². The highest BCUT2D eigenvalue weighted by Crippen LogP contribution is 2.56. The van der Waals surface area contributed by atoms with Gasteiger partial charge >= 0.3 is 0 Å². The van der Waals surface area contributed by atoms with E-state index >= 15 is 0 Å². The lowest BCUT2D eigenvalue weighted by Gasteiger charge is -2.34. The molecule has 0 amide bonds. The topological polar surface area (TPSA) is 29.5 Å². The van der Waals surface area contributed by atoms with Crippen LogP contribution in [-0.2, 0) is 5.41 Å². The number of benzene rings is 8. The summed E-state index contributed by atoms with van der Waals surface area (Å²) in [5.41, 5.74) is 13.8. The van der Waals surface area contributed by atoms with E-state index in [1.165, 1.54) is 33.4 Å². The average Bonchev–Trinajstić information content (AvgIpc) is 3.87. The van der Waals surface area contributed by atoms with Gasteiger partial charge in [0.1, 0.15) is 22.3 Å². The largest absolute Gasteiger partial charge is 0.456 e. The van der Waals surface area contributed by atoms with Gasteiger partial charge in [-0.1, -0.05) is 133 Å². The molecule has 8 aromatic carbocycles. The molecular weight excluding hydrogens is 635 g/mol. The second-order valence-corrected chi connectivity index (χ2v) is 13.6. The van der Waals surface area contributed by atoms with E-state index < -0.39 is 5.41 Å². The van der Waals surface area contributed by atoms with Crippen LogP contribution in [0.25, 0.3) is 55.0 Å². The molecule has 11 rings (SSSR count). The molecule has 0 saturated heterocycles. The van der Waals surface area contributed by atoms with Crippen molar-refractivity contribution in [2.24, 2.45) is 0 Å². The van der Waals surface area contributed by atoms with Crippen LogP contribution in [0.4, 0.5) is 17.1 Å². The lowest BCUT2D eigenvalue weighted by Crippen LogP contribution is -2.28. The number of hydrogen-bond donors (Lipinski definition) is 0. The zero-order chi connectivity index (χ0) is 34.2. The summed E-state index contributed by atoms with van der Waals surface area (Å²) >= 11 is 0. The summed E-state index contributed by atoms with van der Waals surface area (Å²) in [5, 5.41) is 4.36. The number of furan rings is 2. The minimum absolute atomic E-state index is 0.465. The van der Waals surface area contributed by atoms with E-state index in [4.69, 9.17) is 8.83 Å². The minimum atomic E-state index is -0.465. The third kappa shape index (κ3) is 4.02. The molecule has 10 aromatic rings. The number of fused-ring (bicyclic) bond motifs is 9. The number of hydrogen-bond acceptors (Lipinski definition) is 3. The lowest BCUT2D eigenvalue weighted by atomic mass is 9.68. The molecule has 1 aliphatic carbocycles. The molecule has 0 radical (unpaired) electrons. The van der Waals surface area contributed by atoms with Gasteiger partial charge in [0.05, 0.1) is 16.5 Å². The standard InChI is InChI=1S/C49H31NO2/c1-2-13-32(14-3-1)49(41-19-8-4-15-36(41)37-16-5-9-20-42(37)49)33-25-27-34(28-26-33)50(35-29-30-46-40(31-35)38-17-6-10-22-44(38)51-46)43-21-12-24-47-48(43)39-18-7-11-23-45(39)52-47/h1-31H. The molecule has 0 unspecified atom stereocenters. The van der Waals surface area contributed by atoms with Crippen LogP contribution in [0.3, 0.4) is 0 Å². The first-order valence-electron chi connectivity index (χ1n) is 17.8. The predicted octanol–water partition coefficient (Wildman–Crippen LogP) is 13.3. The van der Waals surface area contributed by atoms with Crippen LogP contribution in [-0.4, -0.2) is 0 Å². The quantitative estimate of drug-likeness (QED) is 0.183. The van der Waals surface area contributed by atoms with E-state index in [9.17, 15) is 0 Å². The van der Waals surface area contributed by atoms with Crippen LogP contribution < -0.4 is 4.90 Å². The van der Waals surface area contributed by atoms with Gasteiger partial charge in [0.15, 0.2) is 0 Å². The van der Waals surface area contributed by atoms with Gasteiger partial charge in [-0.2, -0.15) is 0 Å². The molecule has 0 spiro atoms. The fraction of sp³-hybridized carbons (Fsp3) is 0.0204. The summed E-state index contributed by atoms with van der Waals surface area (Å²) in [4.78, 5) is 2.36. The molecule has 3 nitrogen and oxygen atoms in total. The summed E-state index contributed by atoms with van der Waals surface area (Å²) in [7, 11) is 0. The first kappa shape index (κ1) is 28.9. The second kappa shape index (κ2) is 11.1. The maximum absolute atomic E-state index is 6.40. The highest BCUT2D eigenvalue weighted by Gasteiger charge is 2.45. The van der Waals surface area contributed by atoms with Gasteiger partial charge < -0.3 is 13.7 Å². The summed E-state index contributed by atoms with van der Waals surface area (Å²) in [6.07, 6.45) is 0. The molecule has 0 bridgehead atoms. The first-order valence-corrected chi connectivity index (χ1v) is 17.8. The van der Waals surface area contributed by atoms with Crippen LogP contribution in [0.2, 0.25) is 0 Å². The molecule has 1 aliphatic rings. The van der Waals surface area contributed by atoms with Crippen LogP contribution in [0, 0.1) is 0 Å². The molecule has 0 saturated carbocycles. The molecule has 3 heteroatoms. The van der Waals surface area contributed by atoms with Crippen LogP contribution >= 0.6 is 0 Å².